The van der Waals surface area contributed by atoms with E-state index in [1.165, 1.54) is 137 Å². The van der Waals surface area contributed by atoms with Crippen molar-refractivity contribution in [3.63, 3.8) is 0 Å². The average molecular weight is 912 g/mol. The fraction of sp³-hybridized carbons (Fsp3) is 0. The molecule has 0 unspecified atom stereocenters. The first-order valence-electron chi connectivity index (χ1n) is 25.1. The van der Waals surface area contributed by atoms with E-state index in [0.29, 0.717) is 0 Å². The first-order valence-corrected chi connectivity index (χ1v) is 25.1. The van der Waals surface area contributed by atoms with Crippen molar-refractivity contribution in [3.8, 4) is 28.4 Å². The number of para-hydroxylation sites is 8. The lowest BCUT2D eigenvalue weighted by atomic mass is 9.34. The Morgan fingerprint density at radius 3 is 0.958 bits per heavy atom. The molecule has 18 rings (SSSR count). The van der Waals surface area contributed by atoms with Crippen LogP contribution >= 0.6 is 0 Å². The van der Waals surface area contributed by atoms with Crippen molar-refractivity contribution in [2.45, 2.75) is 0 Å². The molecular formula is C66H38BN5. The van der Waals surface area contributed by atoms with Gasteiger partial charge in [-0.25, -0.2) is 0 Å². The fourth-order valence-electron chi connectivity index (χ4n) is 13.9. The van der Waals surface area contributed by atoms with Crippen molar-refractivity contribution < 1.29 is 0 Å². The van der Waals surface area contributed by atoms with Crippen LogP contribution in [0.1, 0.15) is 0 Å². The largest absolute Gasteiger partial charge is 0.310 e. The van der Waals surface area contributed by atoms with E-state index in [-0.39, 0.29) is 6.71 Å². The summed E-state index contributed by atoms with van der Waals surface area (Å²) < 4.78 is 12.7. The van der Waals surface area contributed by atoms with Crippen LogP contribution in [0.25, 0.3) is 137 Å². The summed E-state index contributed by atoms with van der Waals surface area (Å²) in [6, 6.07) is 86.5. The lowest BCUT2D eigenvalue weighted by molar-refractivity contribution is 1.10. The van der Waals surface area contributed by atoms with Crippen LogP contribution in [0.4, 0.5) is 0 Å². The molecule has 0 saturated carbocycles. The Labute approximate surface area is 411 Å². The molecule has 0 bridgehead atoms. The quantitative estimate of drug-likeness (QED) is 0.158. The Morgan fingerprint density at radius 1 is 0.222 bits per heavy atom. The summed E-state index contributed by atoms with van der Waals surface area (Å²) in [7, 11) is 0. The van der Waals surface area contributed by atoms with Crippen molar-refractivity contribution in [3.05, 3.63) is 231 Å². The third kappa shape index (κ3) is 4.48. The highest BCUT2D eigenvalue weighted by Crippen LogP contribution is 2.45. The molecule has 0 radical (unpaired) electrons. The number of hydrogen-bond acceptors (Lipinski definition) is 0. The summed E-state index contributed by atoms with van der Waals surface area (Å²) >= 11 is 0. The Bertz CT molecular complexity index is 4790. The average Bonchev–Trinajstić information content (AvgIpc) is 4.23. The van der Waals surface area contributed by atoms with Crippen LogP contribution in [0.15, 0.2) is 231 Å². The van der Waals surface area contributed by atoms with Crippen LogP contribution in [0.2, 0.25) is 0 Å². The van der Waals surface area contributed by atoms with Gasteiger partial charge in [-0.3, -0.25) is 0 Å². The second-order valence-electron chi connectivity index (χ2n) is 20.0. The van der Waals surface area contributed by atoms with Gasteiger partial charge in [0.25, 0.3) is 6.71 Å². The number of rotatable bonds is 3. The minimum atomic E-state index is 0.00463. The summed E-state index contributed by atoms with van der Waals surface area (Å²) in [5, 5.41) is 12.6. The Kier molecular flexibility index (Phi) is 6.86. The molecule has 0 fully saturated rings. The lowest BCUT2D eigenvalue weighted by Crippen LogP contribution is -2.59. The zero-order valence-electron chi connectivity index (χ0n) is 38.8. The third-order valence-corrected chi connectivity index (χ3v) is 16.6. The van der Waals surface area contributed by atoms with Gasteiger partial charge in [0.05, 0.1) is 49.8 Å². The minimum Gasteiger partial charge on any atom is -0.310 e. The molecule has 0 spiro atoms. The van der Waals surface area contributed by atoms with Gasteiger partial charge in [-0.15, -0.1) is 0 Å². The van der Waals surface area contributed by atoms with Crippen molar-refractivity contribution in [2.75, 3.05) is 0 Å². The topological polar surface area (TPSA) is 24.6 Å². The van der Waals surface area contributed by atoms with Crippen molar-refractivity contribution in [2.24, 2.45) is 0 Å². The standard InChI is InChI=1S/C66H38BN5/c1-3-17-39(18-4-1)68-56-31-13-9-23-44(56)48-35-60-50(37-58(48)68)46-25-15-27-52-65(46)71(60)62-33-41(70-54-29-11-7-21-42(54)43-22-8-12-30-55(43)70)34-63-64(62)67(52)53-28-16-26-47-51-38-59-49(36-61(51)72(63)66(47)53)45-24-10-14-32-57(45)69(59)40-19-5-2-6-20-40/h1-38H. The monoisotopic (exact) mass is 911 g/mol. The molecule has 330 valence electrons. The summed E-state index contributed by atoms with van der Waals surface area (Å²) in [5.74, 6) is 0. The van der Waals surface area contributed by atoms with Crippen molar-refractivity contribution in [1.82, 2.24) is 22.8 Å². The van der Waals surface area contributed by atoms with Gasteiger partial charge in [0.2, 0.25) is 0 Å². The lowest BCUT2D eigenvalue weighted by Gasteiger charge is -2.34. The molecule has 2 aliphatic rings. The molecule has 16 aromatic rings. The van der Waals surface area contributed by atoms with Crippen molar-refractivity contribution in [1.29, 1.82) is 0 Å². The Hall–Kier alpha value is -9.52. The maximum absolute atomic E-state index is 2.64. The molecule has 5 nitrogen and oxygen atoms in total. The predicted molar refractivity (Wildman–Crippen MR) is 303 cm³/mol. The van der Waals surface area contributed by atoms with E-state index in [0.717, 1.165) is 17.1 Å². The molecule has 0 amide bonds. The highest BCUT2D eigenvalue weighted by molar-refractivity contribution is 7.00. The van der Waals surface area contributed by atoms with Crippen LogP contribution in [0.3, 0.4) is 0 Å². The van der Waals surface area contributed by atoms with Crippen molar-refractivity contribution >= 4 is 132 Å². The van der Waals surface area contributed by atoms with Gasteiger partial charge in [0, 0.05) is 87.6 Å². The van der Waals surface area contributed by atoms with Gasteiger partial charge in [-0.2, -0.15) is 0 Å². The van der Waals surface area contributed by atoms with Gasteiger partial charge >= 0.3 is 0 Å². The van der Waals surface area contributed by atoms with Gasteiger partial charge in [0.1, 0.15) is 0 Å². The molecule has 0 N–H and O–H groups in total. The van der Waals surface area contributed by atoms with E-state index < -0.39 is 0 Å². The zero-order valence-corrected chi connectivity index (χ0v) is 38.8. The van der Waals surface area contributed by atoms with Gasteiger partial charge in [0.15, 0.2) is 0 Å². The van der Waals surface area contributed by atoms with E-state index in [1.807, 2.05) is 0 Å². The highest BCUT2D eigenvalue weighted by atomic mass is 15.1. The molecule has 2 aliphatic heterocycles. The maximum Gasteiger partial charge on any atom is 0.252 e. The van der Waals surface area contributed by atoms with Gasteiger partial charge in [-0.1, -0.05) is 146 Å². The number of aromatic nitrogens is 5. The number of nitrogens with zero attached hydrogens (tertiary/aromatic N) is 5. The van der Waals surface area contributed by atoms with Crippen LogP contribution in [0, 0.1) is 0 Å². The molecule has 6 heteroatoms. The smallest absolute Gasteiger partial charge is 0.252 e. The first-order chi connectivity index (χ1) is 35.8. The van der Waals surface area contributed by atoms with E-state index in [9.17, 15) is 0 Å². The summed E-state index contributed by atoms with van der Waals surface area (Å²) in [6.45, 7) is 0.00463. The van der Waals surface area contributed by atoms with Crippen LogP contribution in [-0.4, -0.2) is 29.5 Å². The molecule has 0 aliphatic carbocycles. The molecule has 7 heterocycles. The fourth-order valence-corrected chi connectivity index (χ4v) is 13.9. The normalized spacial score (nSPS) is 13.0. The molecule has 0 atom stereocenters. The van der Waals surface area contributed by atoms with E-state index in [1.54, 1.807) is 0 Å². The van der Waals surface area contributed by atoms with E-state index in [2.05, 4.69) is 253 Å². The zero-order chi connectivity index (χ0) is 46.5. The number of hydrogen-bond donors (Lipinski definition) is 0. The highest BCUT2D eigenvalue weighted by Gasteiger charge is 2.41. The summed E-state index contributed by atoms with van der Waals surface area (Å²) in [4.78, 5) is 0. The van der Waals surface area contributed by atoms with Gasteiger partial charge < -0.3 is 22.8 Å². The van der Waals surface area contributed by atoms with Crippen LogP contribution < -0.4 is 16.4 Å². The Balaban J connectivity index is 1.03. The third-order valence-electron chi connectivity index (χ3n) is 16.6. The van der Waals surface area contributed by atoms with Gasteiger partial charge in [-0.05, 0) is 101 Å². The second-order valence-corrected chi connectivity index (χ2v) is 20.0. The second kappa shape index (κ2) is 13.2. The number of benzene rings is 11. The van der Waals surface area contributed by atoms with Crippen LogP contribution in [0.5, 0.6) is 0 Å². The summed E-state index contributed by atoms with van der Waals surface area (Å²) in [6.07, 6.45) is 0. The maximum atomic E-state index is 2.64. The molecule has 5 aromatic heterocycles. The molecular weight excluding hydrogens is 874 g/mol. The van der Waals surface area contributed by atoms with E-state index in [4.69, 9.17) is 0 Å². The predicted octanol–water partition coefficient (Wildman–Crippen LogP) is 14.3. The SMILES string of the molecule is c1ccc(-n2c3ccccc3c3cc4c(cc32)c2cccc3c2n4-c2cc(-n4c5ccccc5c5ccccc54)cc4c2B3c2cccc3c5cc6c(cc5n-4c23)c2ccccc2n6-c2ccccc2)cc1. The van der Waals surface area contributed by atoms with E-state index >= 15 is 0 Å². The first kappa shape index (κ1) is 37.4. The molecule has 11 aromatic carbocycles. The Morgan fingerprint density at radius 2 is 0.542 bits per heavy atom. The summed E-state index contributed by atoms with van der Waals surface area (Å²) in [5.41, 5.74) is 22.2. The van der Waals surface area contributed by atoms with Crippen LogP contribution in [-0.2, 0) is 0 Å². The minimum absolute atomic E-state index is 0.00463. The number of fused-ring (bicyclic) bond motifs is 19. The molecule has 0 saturated heterocycles. The molecule has 72 heavy (non-hydrogen) atoms.